The normalized spacial score (nSPS) is 14.6. The van der Waals surface area contributed by atoms with E-state index in [1.807, 2.05) is 61.5 Å². The number of carbonyl (C=O) groups excluding carboxylic acids is 1. The summed E-state index contributed by atoms with van der Waals surface area (Å²) >= 11 is 1.39. The lowest BCUT2D eigenvalue weighted by Gasteiger charge is -2.32. The number of aromatic nitrogens is 3. The van der Waals surface area contributed by atoms with Gasteiger partial charge in [-0.05, 0) is 39.7 Å². The number of fused-ring (bicyclic) bond motifs is 4. The van der Waals surface area contributed by atoms with Crippen molar-refractivity contribution in [1.29, 1.82) is 0 Å². The maximum atomic E-state index is 13.3. The summed E-state index contributed by atoms with van der Waals surface area (Å²) in [6.07, 6.45) is 1.50. The molecule has 0 spiro atoms. The van der Waals surface area contributed by atoms with Crippen molar-refractivity contribution in [3.8, 4) is 11.3 Å². The summed E-state index contributed by atoms with van der Waals surface area (Å²) in [5.74, 6) is 0.568. The van der Waals surface area contributed by atoms with Crippen molar-refractivity contribution >= 4 is 34.1 Å². The summed E-state index contributed by atoms with van der Waals surface area (Å²) < 4.78 is 1.70. The molecule has 0 saturated heterocycles. The minimum absolute atomic E-state index is 0.0406. The second kappa shape index (κ2) is 8.67. The maximum absolute atomic E-state index is 13.3. The molecule has 164 valence electrons. The topological polar surface area (TPSA) is 69.9 Å². The van der Waals surface area contributed by atoms with Crippen LogP contribution in [0.3, 0.4) is 0 Å². The average molecular weight is 456 g/mol. The van der Waals surface area contributed by atoms with Gasteiger partial charge in [0.2, 0.25) is 11.1 Å². The zero-order valence-electron chi connectivity index (χ0n) is 18.2. The third kappa shape index (κ3) is 3.64. The fourth-order valence-corrected chi connectivity index (χ4v) is 4.87. The van der Waals surface area contributed by atoms with Gasteiger partial charge in [-0.25, -0.2) is 4.90 Å². The second-order valence-electron chi connectivity index (χ2n) is 7.77. The molecular weight excluding hydrogens is 432 g/mol. The number of amides is 1. The van der Waals surface area contributed by atoms with Crippen molar-refractivity contribution in [2.24, 2.45) is 0 Å². The minimum Gasteiger partial charge on any atom is -0.291 e. The molecule has 1 N–H and O–H groups in total. The fourth-order valence-electron chi connectivity index (χ4n) is 4.28. The van der Waals surface area contributed by atoms with E-state index in [1.54, 1.807) is 15.7 Å². The lowest BCUT2D eigenvalue weighted by Crippen LogP contribution is -2.60. The van der Waals surface area contributed by atoms with Gasteiger partial charge in [-0.3, -0.25) is 14.6 Å². The van der Waals surface area contributed by atoms with Gasteiger partial charge in [0.15, 0.2) is 0 Å². The number of nitrogens with one attached hydrogen (secondary N) is 1. The molecule has 0 bridgehead atoms. The number of hydrogen-bond donors (Lipinski definition) is 1. The molecule has 5 rings (SSSR count). The van der Waals surface area contributed by atoms with Crippen molar-refractivity contribution in [3.05, 3.63) is 95.3 Å². The molecule has 0 aliphatic carbocycles. The number of thioether (sulfide) groups is 1. The molecule has 1 aliphatic heterocycles. The molecule has 0 radical (unpaired) electrons. The lowest BCUT2D eigenvalue weighted by molar-refractivity contribution is -0.763. The number of rotatable bonds is 5. The average Bonchev–Trinajstić information content (AvgIpc) is 2.85. The Morgan fingerprint density at radius 2 is 1.91 bits per heavy atom. The van der Waals surface area contributed by atoms with Gasteiger partial charge in [-0.2, -0.15) is 0 Å². The monoisotopic (exact) mass is 455 g/mol. The largest absolute Gasteiger partial charge is 0.325 e. The number of H-pyrrole nitrogens is 1. The standard InChI is InChI=1S/C26H22N4O2S/c1-3-15-33-26-27-24(32)23-20-11-7-8-12-21(20)29(22(31)4-2)25(30(23)28-26)19-14-13-17-9-5-6-10-18(17)16-19/h3,5-14,16,25H,1,4,15H2,2H3/p+1. The highest BCUT2D eigenvalue weighted by Crippen LogP contribution is 2.38. The molecule has 1 aromatic heterocycles. The highest BCUT2D eigenvalue weighted by Gasteiger charge is 2.45. The van der Waals surface area contributed by atoms with E-state index in [1.165, 1.54) is 11.8 Å². The highest BCUT2D eigenvalue weighted by atomic mass is 32.2. The number of anilines is 1. The Balaban J connectivity index is 1.82. The number of hydrogen-bond acceptors (Lipinski definition) is 4. The van der Waals surface area contributed by atoms with Crippen LogP contribution >= 0.6 is 11.8 Å². The molecule has 1 amide bonds. The summed E-state index contributed by atoms with van der Waals surface area (Å²) in [4.78, 5) is 31.3. The van der Waals surface area contributed by atoms with E-state index in [2.05, 4.69) is 23.7 Å². The Morgan fingerprint density at radius 3 is 2.70 bits per heavy atom. The zero-order valence-corrected chi connectivity index (χ0v) is 19.0. The Hall–Kier alpha value is -3.71. The molecule has 4 aromatic rings. The van der Waals surface area contributed by atoms with E-state index in [9.17, 15) is 9.59 Å². The Labute approximate surface area is 195 Å². The van der Waals surface area contributed by atoms with Gasteiger partial charge < -0.3 is 0 Å². The van der Waals surface area contributed by atoms with Gasteiger partial charge in [0.25, 0.3) is 6.17 Å². The van der Waals surface area contributed by atoms with E-state index in [-0.39, 0.29) is 11.5 Å². The summed E-state index contributed by atoms with van der Waals surface area (Å²) in [6, 6.07) is 21.7. The van der Waals surface area contributed by atoms with Gasteiger partial charge >= 0.3 is 11.3 Å². The number of aromatic amines is 1. The van der Waals surface area contributed by atoms with Crippen LogP contribution in [0.5, 0.6) is 0 Å². The molecule has 3 aromatic carbocycles. The molecule has 1 unspecified atom stereocenters. The maximum Gasteiger partial charge on any atom is 0.325 e. The van der Waals surface area contributed by atoms with Gasteiger partial charge in [-0.1, -0.05) is 67.2 Å². The molecule has 7 heteroatoms. The van der Waals surface area contributed by atoms with Crippen LogP contribution in [0.2, 0.25) is 0 Å². The highest BCUT2D eigenvalue weighted by molar-refractivity contribution is 7.99. The Kier molecular flexibility index (Phi) is 5.56. The predicted octanol–water partition coefficient (Wildman–Crippen LogP) is 4.46. The smallest absolute Gasteiger partial charge is 0.291 e. The predicted molar refractivity (Wildman–Crippen MR) is 131 cm³/mol. The van der Waals surface area contributed by atoms with E-state index in [0.29, 0.717) is 34.3 Å². The van der Waals surface area contributed by atoms with Crippen LogP contribution < -0.4 is 15.1 Å². The molecule has 0 fully saturated rings. The first-order valence-corrected chi connectivity index (χ1v) is 11.8. The van der Waals surface area contributed by atoms with Crippen LogP contribution in [-0.2, 0) is 4.79 Å². The third-order valence-electron chi connectivity index (χ3n) is 5.74. The molecular formula is C26H23N4O2S+. The van der Waals surface area contributed by atoms with E-state index >= 15 is 0 Å². The summed E-state index contributed by atoms with van der Waals surface area (Å²) in [6.45, 7) is 5.60. The Bertz CT molecular complexity index is 1450. The summed E-state index contributed by atoms with van der Waals surface area (Å²) in [7, 11) is 0. The first-order chi connectivity index (χ1) is 16.1. The number of carbonyl (C=O) groups is 1. The van der Waals surface area contributed by atoms with E-state index in [0.717, 1.165) is 16.3 Å². The number of para-hydroxylation sites is 1. The first kappa shape index (κ1) is 21.2. The van der Waals surface area contributed by atoms with E-state index in [4.69, 9.17) is 5.10 Å². The molecule has 6 nitrogen and oxygen atoms in total. The van der Waals surface area contributed by atoms with Crippen LogP contribution in [0, 0.1) is 0 Å². The van der Waals surface area contributed by atoms with Crippen molar-refractivity contribution in [2.45, 2.75) is 24.7 Å². The molecule has 1 aliphatic rings. The van der Waals surface area contributed by atoms with Crippen molar-refractivity contribution in [2.75, 3.05) is 10.7 Å². The molecule has 1 atom stereocenters. The third-order valence-corrected chi connectivity index (χ3v) is 6.60. The zero-order chi connectivity index (χ0) is 22.9. The van der Waals surface area contributed by atoms with Crippen molar-refractivity contribution in [3.63, 3.8) is 0 Å². The van der Waals surface area contributed by atoms with Gasteiger partial charge in [0.05, 0.1) is 11.3 Å². The molecule has 0 saturated carbocycles. The van der Waals surface area contributed by atoms with Gasteiger partial charge in [0, 0.05) is 22.8 Å². The van der Waals surface area contributed by atoms with Crippen LogP contribution in [0.15, 0.2) is 89.3 Å². The quantitative estimate of drug-likeness (QED) is 0.274. The summed E-state index contributed by atoms with van der Waals surface area (Å²) in [5.41, 5.74) is 2.48. The minimum atomic E-state index is -0.586. The Morgan fingerprint density at radius 1 is 1.15 bits per heavy atom. The number of benzene rings is 3. The molecule has 33 heavy (non-hydrogen) atoms. The number of nitrogens with zero attached hydrogens (tertiary/aromatic N) is 3. The van der Waals surface area contributed by atoms with Gasteiger partial charge in [0.1, 0.15) is 0 Å². The van der Waals surface area contributed by atoms with Crippen LogP contribution in [0.1, 0.15) is 25.1 Å². The first-order valence-electron chi connectivity index (χ1n) is 10.8. The molecule has 2 heterocycles. The van der Waals surface area contributed by atoms with Gasteiger partial charge in [-0.15, -0.1) is 6.58 Å². The van der Waals surface area contributed by atoms with Crippen LogP contribution in [0.4, 0.5) is 5.69 Å². The fraction of sp³-hybridized carbons (Fsp3) is 0.154. The lowest BCUT2D eigenvalue weighted by atomic mass is 9.99. The second-order valence-corrected chi connectivity index (χ2v) is 8.78. The van der Waals surface area contributed by atoms with Crippen LogP contribution in [0.25, 0.3) is 22.0 Å². The summed E-state index contributed by atoms with van der Waals surface area (Å²) in [5, 5.41) is 7.45. The van der Waals surface area contributed by atoms with Crippen molar-refractivity contribution < 1.29 is 9.48 Å². The SMILES string of the molecule is C=CCSc1n[n+]2c(c(=O)[nH]1)-c1ccccc1N(C(=O)CC)C2c1ccc2ccccc2c1. The van der Waals surface area contributed by atoms with Crippen molar-refractivity contribution in [1.82, 2.24) is 10.1 Å². The van der Waals surface area contributed by atoms with Crippen LogP contribution in [-0.4, -0.2) is 21.7 Å². The van der Waals surface area contributed by atoms with E-state index < -0.39 is 6.17 Å².